The lowest BCUT2D eigenvalue weighted by molar-refractivity contribution is 0.0300. The first kappa shape index (κ1) is 12.2. The van der Waals surface area contributed by atoms with Gasteiger partial charge in [-0.2, -0.15) is 0 Å². The van der Waals surface area contributed by atoms with E-state index < -0.39 is 0 Å². The molecule has 0 aliphatic carbocycles. The number of aromatic nitrogens is 2. The molecule has 1 aromatic heterocycles. The zero-order valence-electron chi connectivity index (χ0n) is 11.0. The van der Waals surface area contributed by atoms with Gasteiger partial charge in [0.2, 0.25) is 0 Å². The third kappa shape index (κ3) is 2.35. The van der Waals surface area contributed by atoms with E-state index in [0.29, 0.717) is 16.7 Å². The van der Waals surface area contributed by atoms with E-state index in [0.717, 1.165) is 38.3 Å². The first-order valence-corrected chi connectivity index (χ1v) is 6.50. The fourth-order valence-electron chi connectivity index (χ4n) is 2.38. The molecule has 0 radical (unpaired) electrons. The normalized spacial score (nSPS) is 18.6. The smallest absolute Gasteiger partial charge is 0.160 e. The first-order chi connectivity index (χ1) is 9.18. The van der Waals surface area contributed by atoms with Gasteiger partial charge in [-0.1, -0.05) is 6.92 Å². The van der Waals surface area contributed by atoms with Crippen molar-refractivity contribution in [1.29, 1.82) is 0 Å². The van der Waals surface area contributed by atoms with Crippen LogP contribution in [0.25, 0.3) is 11.0 Å². The Hall–Kier alpha value is -1.82. The fourth-order valence-corrected chi connectivity index (χ4v) is 2.38. The van der Waals surface area contributed by atoms with E-state index in [4.69, 9.17) is 15.1 Å². The Labute approximate surface area is 111 Å². The van der Waals surface area contributed by atoms with Gasteiger partial charge in [0.15, 0.2) is 11.0 Å². The van der Waals surface area contributed by atoms with E-state index in [-0.39, 0.29) is 5.41 Å². The van der Waals surface area contributed by atoms with Crippen LogP contribution in [0.5, 0.6) is 0 Å². The first-order valence-electron chi connectivity index (χ1n) is 6.50. The number of nitrogens with one attached hydrogen (secondary N) is 1. The van der Waals surface area contributed by atoms with E-state index in [1.54, 1.807) is 0 Å². The summed E-state index contributed by atoms with van der Waals surface area (Å²) in [6.07, 6.45) is 2.13. The SMILES string of the molecule is CC1(CNc2ccc(N)c3nonc23)CCOCC1. The summed E-state index contributed by atoms with van der Waals surface area (Å²) in [6, 6.07) is 3.74. The number of hydrogen-bond acceptors (Lipinski definition) is 6. The summed E-state index contributed by atoms with van der Waals surface area (Å²) in [6.45, 7) is 4.82. The predicted molar refractivity (Wildman–Crippen MR) is 72.9 cm³/mol. The van der Waals surface area contributed by atoms with Crippen LogP contribution in [0.3, 0.4) is 0 Å². The van der Waals surface area contributed by atoms with Crippen molar-refractivity contribution in [2.24, 2.45) is 5.41 Å². The van der Waals surface area contributed by atoms with Crippen LogP contribution in [0.4, 0.5) is 11.4 Å². The van der Waals surface area contributed by atoms with E-state index in [1.165, 1.54) is 0 Å². The molecular weight excluding hydrogens is 244 g/mol. The quantitative estimate of drug-likeness (QED) is 0.823. The summed E-state index contributed by atoms with van der Waals surface area (Å²) in [7, 11) is 0. The lowest BCUT2D eigenvalue weighted by Crippen LogP contribution is -2.33. The number of hydrogen-bond donors (Lipinski definition) is 2. The minimum Gasteiger partial charge on any atom is -0.397 e. The molecule has 0 bridgehead atoms. The number of anilines is 2. The Bertz CT molecular complexity index is 575. The van der Waals surface area contributed by atoms with Crippen LogP contribution in [0, 0.1) is 5.41 Å². The summed E-state index contributed by atoms with van der Waals surface area (Å²) in [5, 5.41) is 11.2. The lowest BCUT2D eigenvalue weighted by Gasteiger charge is -2.33. The zero-order chi connectivity index (χ0) is 13.3. The average Bonchev–Trinajstić information content (AvgIpc) is 2.89. The molecule has 2 aromatic rings. The molecule has 1 saturated heterocycles. The molecule has 1 aliphatic rings. The Morgan fingerprint density at radius 1 is 1.26 bits per heavy atom. The van der Waals surface area contributed by atoms with Crippen LogP contribution >= 0.6 is 0 Å². The number of fused-ring (bicyclic) bond motifs is 1. The Morgan fingerprint density at radius 3 is 2.79 bits per heavy atom. The number of nitrogen functional groups attached to an aromatic ring is 1. The average molecular weight is 262 g/mol. The molecule has 19 heavy (non-hydrogen) atoms. The van der Waals surface area contributed by atoms with Gasteiger partial charge in [0.1, 0.15) is 0 Å². The molecule has 1 fully saturated rings. The molecule has 0 unspecified atom stereocenters. The van der Waals surface area contributed by atoms with Gasteiger partial charge in [0.05, 0.1) is 11.4 Å². The van der Waals surface area contributed by atoms with Crippen molar-refractivity contribution in [2.75, 3.05) is 30.8 Å². The van der Waals surface area contributed by atoms with E-state index in [2.05, 4.69) is 22.6 Å². The highest BCUT2D eigenvalue weighted by Crippen LogP contribution is 2.31. The highest BCUT2D eigenvalue weighted by molar-refractivity contribution is 5.94. The number of benzene rings is 1. The highest BCUT2D eigenvalue weighted by Gasteiger charge is 2.27. The molecule has 0 atom stereocenters. The lowest BCUT2D eigenvalue weighted by atomic mass is 9.82. The molecule has 102 valence electrons. The van der Waals surface area contributed by atoms with Crippen LogP contribution in [0.2, 0.25) is 0 Å². The molecule has 2 heterocycles. The molecule has 1 aliphatic heterocycles. The van der Waals surface area contributed by atoms with Crippen molar-refractivity contribution in [2.45, 2.75) is 19.8 Å². The fraction of sp³-hybridized carbons (Fsp3) is 0.538. The summed E-state index contributed by atoms with van der Waals surface area (Å²) in [5.74, 6) is 0. The monoisotopic (exact) mass is 262 g/mol. The maximum absolute atomic E-state index is 5.83. The minimum atomic E-state index is 0.253. The largest absolute Gasteiger partial charge is 0.397 e. The van der Waals surface area contributed by atoms with Crippen molar-refractivity contribution >= 4 is 22.4 Å². The topological polar surface area (TPSA) is 86.2 Å². The number of ether oxygens (including phenoxy) is 1. The third-order valence-corrected chi connectivity index (χ3v) is 3.85. The number of nitrogens with zero attached hydrogens (tertiary/aromatic N) is 2. The van der Waals surface area contributed by atoms with Crippen molar-refractivity contribution in [3.63, 3.8) is 0 Å². The van der Waals surface area contributed by atoms with Gasteiger partial charge in [0.25, 0.3) is 0 Å². The summed E-state index contributed by atoms with van der Waals surface area (Å²) in [5.41, 5.74) is 8.88. The molecule has 6 nitrogen and oxygen atoms in total. The molecule has 0 amide bonds. The zero-order valence-corrected chi connectivity index (χ0v) is 11.0. The van der Waals surface area contributed by atoms with Gasteiger partial charge >= 0.3 is 0 Å². The Kier molecular flexibility index (Phi) is 3.02. The number of rotatable bonds is 3. The second-order valence-electron chi connectivity index (χ2n) is 5.44. The van der Waals surface area contributed by atoms with Crippen molar-refractivity contribution in [3.05, 3.63) is 12.1 Å². The van der Waals surface area contributed by atoms with Crippen LogP contribution < -0.4 is 11.1 Å². The van der Waals surface area contributed by atoms with Gasteiger partial charge in [-0.05, 0) is 40.7 Å². The molecule has 0 spiro atoms. The summed E-state index contributed by atoms with van der Waals surface area (Å²) in [4.78, 5) is 0. The second-order valence-corrected chi connectivity index (χ2v) is 5.44. The highest BCUT2D eigenvalue weighted by atomic mass is 16.6. The standard InChI is InChI=1S/C13H18N4O2/c1-13(4-6-18-7-5-13)8-15-10-3-2-9(14)11-12(10)17-19-16-11/h2-3,15H,4-8,14H2,1H3. The maximum Gasteiger partial charge on any atom is 0.160 e. The maximum atomic E-state index is 5.83. The van der Waals surface area contributed by atoms with Crippen LogP contribution in [0.1, 0.15) is 19.8 Å². The molecule has 1 aromatic carbocycles. The molecule has 6 heteroatoms. The molecule has 3 N–H and O–H groups in total. The van der Waals surface area contributed by atoms with Gasteiger partial charge in [0, 0.05) is 19.8 Å². The number of nitrogens with two attached hydrogens (primary N) is 1. The summed E-state index contributed by atoms with van der Waals surface area (Å²) >= 11 is 0. The minimum absolute atomic E-state index is 0.253. The predicted octanol–water partition coefficient (Wildman–Crippen LogP) is 2.03. The molecule has 0 saturated carbocycles. The van der Waals surface area contributed by atoms with E-state index in [9.17, 15) is 0 Å². The third-order valence-electron chi connectivity index (χ3n) is 3.85. The van der Waals surface area contributed by atoms with E-state index >= 15 is 0 Å². The second kappa shape index (κ2) is 4.70. The van der Waals surface area contributed by atoms with Gasteiger partial charge in [-0.15, -0.1) is 0 Å². The van der Waals surface area contributed by atoms with Crippen LogP contribution in [0.15, 0.2) is 16.8 Å². The van der Waals surface area contributed by atoms with Crippen molar-refractivity contribution in [3.8, 4) is 0 Å². The van der Waals surface area contributed by atoms with Gasteiger partial charge < -0.3 is 15.8 Å². The Balaban J connectivity index is 1.78. The van der Waals surface area contributed by atoms with E-state index in [1.807, 2.05) is 12.1 Å². The van der Waals surface area contributed by atoms with Gasteiger partial charge in [-0.25, -0.2) is 4.63 Å². The van der Waals surface area contributed by atoms with Crippen LogP contribution in [-0.4, -0.2) is 30.1 Å². The van der Waals surface area contributed by atoms with Gasteiger partial charge in [-0.3, -0.25) is 0 Å². The van der Waals surface area contributed by atoms with Crippen LogP contribution in [-0.2, 0) is 4.74 Å². The van der Waals surface area contributed by atoms with Crippen molar-refractivity contribution in [1.82, 2.24) is 10.3 Å². The van der Waals surface area contributed by atoms with Crippen molar-refractivity contribution < 1.29 is 9.37 Å². The Morgan fingerprint density at radius 2 is 2.00 bits per heavy atom. The molecule has 3 rings (SSSR count). The molecular formula is C13H18N4O2. The summed E-state index contributed by atoms with van der Waals surface area (Å²) < 4.78 is 10.2.